The van der Waals surface area contributed by atoms with Crippen LogP contribution in [0.1, 0.15) is 20.3 Å². The minimum Gasteiger partial charge on any atom is -0.388 e. The number of carbonyl (C=O) groups is 2. The largest absolute Gasteiger partial charge is 0.388 e. The van der Waals surface area contributed by atoms with Gasteiger partial charge in [-0.2, -0.15) is 0 Å². The molecule has 2 N–H and O–H groups in total. The smallest absolute Gasteiger partial charge is 0.228 e. The molecule has 2 saturated heterocycles. The standard InChI is InChI=1S/C12H20N2O4/c1-7(2)14-4-8(3-11(14)17)12(18)13-5-9(15)10(16)6-13/h7-10,15-16H,3-6H2,1-2H3/t8?,9-,10+. The minimum absolute atomic E-state index is 0.00337. The second kappa shape index (κ2) is 4.85. The molecule has 18 heavy (non-hydrogen) atoms. The Morgan fingerprint density at radius 1 is 1.22 bits per heavy atom. The molecule has 2 fully saturated rings. The summed E-state index contributed by atoms with van der Waals surface area (Å²) in [5.41, 5.74) is 0. The summed E-state index contributed by atoms with van der Waals surface area (Å²) in [7, 11) is 0. The highest BCUT2D eigenvalue weighted by molar-refractivity contribution is 5.89. The first-order valence-electron chi connectivity index (χ1n) is 6.34. The summed E-state index contributed by atoms with van der Waals surface area (Å²) >= 11 is 0. The van der Waals surface area contributed by atoms with Crippen LogP contribution in [0.25, 0.3) is 0 Å². The Morgan fingerprint density at radius 3 is 2.22 bits per heavy atom. The molecule has 0 aromatic rings. The summed E-state index contributed by atoms with van der Waals surface area (Å²) in [6.45, 7) is 4.61. The van der Waals surface area contributed by atoms with Crippen molar-refractivity contribution in [2.24, 2.45) is 5.92 Å². The van der Waals surface area contributed by atoms with E-state index in [4.69, 9.17) is 0 Å². The molecule has 6 heteroatoms. The zero-order valence-corrected chi connectivity index (χ0v) is 10.7. The number of β-amino-alcohol motifs (C(OH)–C–C–N with tert-alkyl or cyclic N) is 2. The van der Waals surface area contributed by atoms with Gasteiger partial charge in [0.05, 0.1) is 18.1 Å². The first-order valence-corrected chi connectivity index (χ1v) is 6.34. The maximum absolute atomic E-state index is 12.2. The van der Waals surface area contributed by atoms with Gasteiger partial charge in [0.25, 0.3) is 0 Å². The van der Waals surface area contributed by atoms with Crippen molar-refractivity contribution in [1.29, 1.82) is 0 Å². The van der Waals surface area contributed by atoms with Crippen LogP contribution < -0.4 is 0 Å². The fourth-order valence-corrected chi connectivity index (χ4v) is 2.60. The fourth-order valence-electron chi connectivity index (χ4n) is 2.60. The van der Waals surface area contributed by atoms with E-state index in [9.17, 15) is 19.8 Å². The van der Waals surface area contributed by atoms with Crippen LogP contribution in [0.5, 0.6) is 0 Å². The molecule has 2 amide bonds. The third-order valence-electron chi connectivity index (χ3n) is 3.70. The van der Waals surface area contributed by atoms with E-state index < -0.39 is 12.2 Å². The molecule has 102 valence electrons. The lowest BCUT2D eigenvalue weighted by Gasteiger charge is -2.22. The first kappa shape index (κ1) is 13.3. The SMILES string of the molecule is CC(C)N1CC(C(=O)N2C[C@@H](O)[C@@H](O)C2)CC1=O. The molecule has 2 heterocycles. The van der Waals surface area contributed by atoms with Gasteiger partial charge in [-0.1, -0.05) is 0 Å². The summed E-state index contributed by atoms with van der Waals surface area (Å²) < 4.78 is 0. The van der Waals surface area contributed by atoms with Crippen LogP contribution in [0.4, 0.5) is 0 Å². The maximum atomic E-state index is 12.2. The van der Waals surface area contributed by atoms with Gasteiger partial charge in [0.1, 0.15) is 0 Å². The van der Waals surface area contributed by atoms with Crippen LogP contribution in [0, 0.1) is 5.92 Å². The number of likely N-dealkylation sites (tertiary alicyclic amines) is 2. The van der Waals surface area contributed by atoms with E-state index in [1.807, 2.05) is 13.8 Å². The molecule has 0 spiro atoms. The quantitative estimate of drug-likeness (QED) is 0.651. The van der Waals surface area contributed by atoms with E-state index in [0.717, 1.165) is 0 Å². The number of amides is 2. The van der Waals surface area contributed by atoms with Crippen LogP contribution in [0.2, 0.25) is 0 Å². The van der Waals surface area contributed by atoms with Gasteiger partial charge in [-0.05, 0) is 13.8 Å². The molecular formula is C12H20N2O4. The second-order valence-electron chi connectivity index (χ2n) is 5.42. The molecule has 1 unspecified atom stereocenters. The van der Waals surface area contributed by atoms with E-state index in [0.29, 0.717) is 6.54 Å². The molecule has 0 aliphatic carbocycles. The maximum Gasteiger partial charge on any atom is 0.228 e. The van der Waals surface area contributed by atoms with Crippen molar-refractivity contribution in [3.8, 4) is 0 Å². The molecule has 6 nitrogen and oxygen atoms in total. The Labute approximate surface area is 106 Å². The number of rotatable bonds is 2. The van der Waals surface area contributed by atoms with Crippen molar-refractivity contribution in [3.05, 3.63) is 0 Å². The van der Waals surface area contributed by atoms with Crippen LogP contribution >= 0.6 is 0 Å². The second-order valence-corrected chi connectivity index (χ2v) is 5.42. The highest BCUT2D eigenvalue weighted by Crippen LogP contribution is 2.24. The average Bonchev–Trinajstić information content (AvgIpc) is 2.82. The molecule has 2 rings (SSSR count). The van der Waals surface area contributed by atoms with Gasteiger partial charge in [0, 0.05) is 32.1 Å². The van der Waals surface area contributed by atoms with Gasteiger partial charge in [0.2, 0.25) is 11.8 Å². The molecular weight excluding hydrogens is 236 g/mol. The van der Waals surface area contributed by atoms with E-state index >= 15 is 0 Å². The van der Waals surface area contributed by atoms with Gasteiger partial charge in [-0.25, -0.2) is 0 Å². The fraction of sp³-hybridized carbons (Fsp3) is 0.833. The number of hydrogen-bond donors (Lipinski definition) is 2. The summed E-state index contributed by atoms with van der Waals surface area (Å²) in [5.74, 6) is -0.469. The molecule has 0 aromatic heterocycles. The summed E-state index contributed by atoms with van der Waals surface area (Å²) in [4.78, 5) is 27.1. The Kier molecular flexibility index (Phi) is 3.59. The number of nitrogens with zero attached hydrogens (tertiary/aromatic N) is 2. The van der Waals surface area contributed by atoms with Crippen LogP contribution in [0.3, 0.4) is 0 Å². The number of aliphatic hydroxyl groups excluding tert-OH is 2. The van der Waals surface area contributed by atoms with Crippen molar-refractivity contribution in [2.75, 3.05) is 19.6 Å². The number of hydrogen-bond acceptors (Lipinski definition) is 4. The minimum atomic E-state index is -0.868. The van der Waals surface area contributed by atoms with Crippen LogP contribution in [-0.2, 0) is 9.59 Å². The predicted octanol–water partition coefficient (Wildman–Crippen LogP) is -1.19. The zero-order chi connectivity index (χ0) is 13.4. The van der Waals surface area contributed by atoms with Gasteiger partial charge in [-0.3, -0.25) is 9.59 Å². The third-order valence-corrected chi connectivity index (χ3v) is 3.70. The zero-order valence-electron chi connectivity index (χ0n) is 10.7. The summed E-state index contributed by atoms with van der Waals surface area (Å²) in [5, 5.41) is 18.9. The number of carbonyl (C=O) groups excluding carboxylic acids is 2. The first-order chi connectivity index (χ1) is 8.40. The van der Waals surface area contributed by atoms with Gasteiger partial charge in [0.15, 0.2) is 0 Å². The highest BCUT2D eigenvalue weighted by atomic mass is 16.3. The van der Waals surface area contributed by atoms with Crippen molar-refractivity contribution in [3.63, 3.8) is 0 Å². The molecule has 0 radical (unpaired) electrons. The average molecular weight is 256 g/mol. The van der Waals surface area contributed by atoms with E-state index in [-0.39, 0.29) is 43.3 Å². The summed E-state index contributed by atoms with van der Waals surface area (Å²) in [6, 6.07) is 0.102. The molecule has 2 aliphatic heterocycles. The Morgan fingerprint density at radius 2 is 1.78 bits per heavy atom. The van der Waals surface area contributed by atoms with Crippen LogP contribution in [-0.4, -0.2) is 69.7 Å². The van der Waals surface area contributed by atoms with E-state index in [1.165, 1.54) is 4.90 Å². The molecule has 2 aliphatic rings. The predicted molar refractivity (Wildman–Crippen MR) is 63.5 cm³/mol. The lowest BCUT2D eigenvalue weighted by molar-refractivity contribution is -0.135. The molecule has 0 saturated carbocycles. The molecule has 3 atom stereocenters. The third kappa shape index (κ3) is 2.35. The normalized spacial score (nSPS) is 32.7. The Bertz CT molecular complexity index is 348. The lowest BCUT2D eigenvalue weighted by Crippen LogP contribution is -2.38. The van der Waals surface area contributed by atoms with Crippen molar-refractivity contribution in [2.45, 2.75) is 38.5 Å². The molecule has 0 bridgehead atoms. The summed E-state index contributed by atoms with van der Waals surface area (Å²) in [6.07, 6.45) is -1.50. The van der Waals surface area contributed by atoms with Gasteiger partial charge >= 0.3 is 0 Å². The van der Waals surface area contributed by atoms with Gasteiger partial charge < -0.3 is 20.0 Å². The van der Waals surface area contributed by atoms with E-state index in [2.05, 4.69) is 0 Å². The van der Waals surface area contributed by atoms with Crippen molar-refractivity contribution in [1.82, 2.24) is 9.80 Å². The van der Waals surface area contributed by atoms with Crippen LogP contribution in [0.15, 0.2) is 0 Å². The molecule has 0 aromatic carbocycles. The van der Waals surface area contributed by atoms with Crippen molar-refractivity contribution < 1.29 is 19.8 Å². The number of aliphatic hydroxyl groups is 2. The monoisotopic (exact) mass is 256 g/mol. The van der Waals surface area contributed by atoms with Crippen molar-refractivity contribution >= 4 is 11.8 Å². The van der Waals surface area contributed by atoms with Gasteiger partial charge in [-0.15, -0.1) is 0 Å². The van der Waals surface area contributed by atoms with E-state index in [1.54, 1.807) is 4.90 Å². The lowest BCUT2D eigenvalue weighted by atomic mass is 10.1. The Hall–Kier alpha value is -1.14. The highest BCUT2D eigenvalue weighted by Gasteiger charge is 2.41. The topological polar surface area (TPSA) is 81.1 Å². The Balaban J connectivity index is 1.97.